The van der Waals surface area contributed by atoms with Crippen molar-refractivity contribution in [2.24, 2.45) is 0 Å². The van der Waals surface area contributed by atoms with E-state index in [1.807, 2.05) is 60.7 Å². The van der Waals surface area contributed by atoms with Crippen molar-refractivity contribution in [3.8, 4) is 0 Å². The summed E-state index contributed by atoms with van der Waals surface area (Å²) in [6.45, 7) is -0.307. The molecule has 2 aromatic carbocycles. The number of nitrogens with zero attached hydrogens (tertiary/aromatic N) is 1. The van der Waals surface area contributed by atoms with Gasteiger partial charge in [-0.15, -0.1) is 0 Å². The van der Waals surface area contributed by atoms with Gasteiger partial charge in [-0.2, -0.15) is 0 Å². The average molecular weight is 408 g/mol. The Morgan fingerprint density at radius 1 is 0.900 bits per heavy atom. The summed E-state index contributed by atoms with van der Waals surface area (Å²) in [5.41, 5.74) is 0.450. The third-order valence-electron chi connectivity index (χ3n) is 5.50. The van der Waals surface area contributed by atoms with Crippen LogP contribution in [0.25, 0.3) is 0 Å². The van der Waals surface area contributed by atoms with Crippen LogP contribution in [0.3, 0.4) is 0 Å². The summed E-state index contributed by atoms with van der Waals surface area (Å²) >= 11 is 0. The zero-order valence-electron chi connectivity index (χ0n) is 15.9. The molecule has 2 fully saturated rings. The fourth-order valence-electron chi connectivity index (χ4n) is 4.14. The Labute approximate surface area is 171 Å². The van der Waals surface area contributed by atoms with Crippen molar-refractivity contribution in [2.75, 3.05) is 6.61 Å². The molecule has 3 aromatic rings. The molecular formula is C22H20N2O6. The highest BCUT2D eigenvalue weighted by Crippen LogP contribution is 2.50. The van der Waals surface area contributed by atoms with E-state index in [9.17, 15) is 14.7 Å². The van der Waals surface area contributed by atoms with E-state index in [0.717, 1.165) is 11.1 Å². The zero-order valence-corrected chi connectivity index (χ0v) is 15.9. The van der Waals surface area contributed by atoms with Crippen LogP contribution in [0.1, 0.15) is 17.4 Å². The van der Waals surface area contributed by atoms with Gasteiger partial charge in [-0.1, -0.05) is 60.7 Å². The molecular weight excluding hydrogens is 388 g/mol. The molecule has 2 aliphatic heterocycles. The van der Waals surface area contributed by atoms with Gasteiger partial charge in [0.2, 0.25) is 5.79 Å². The molecule has 4 atom stereocenters. The molecule has 3 heterocycles. The highest BCUT2D eigenvalue weighted by Gasteiger charge is 2.60. The standard InChI is InChI=1S/C22H20N2O6/c25-13-16-18-19(20(28-16)24-12-11-17(26)23-21(24)27)30-22(29-18,14-7-3-1-4-8-14)15-9-5-2-6-10-15/h1-12,16,18-20,25H,13H2,(H,23,26,27)/t16-,18-,19-,20-/m1/s1. The molecule has 30 heavy (non-hydrogen) atoms. The van der Waals surface area contributed by atoms with Crippen molar-refractivity contribution in [1.82, 2.24) is 9.55 Å². The Hall–Kier alpha value is -3.04. The monoisotopic (exact) mass is 408 g/mol. The van der Waals surface area contributed by atoms with E-state index in [0.29, 0.717) is 0 Å². The third-order valence-corrected chi connectivity index (χ3v) is 5.50. The number of hydrogen-bond acceptors (Lipinski definition) is 6. The molecule has 0 saturated carbocycles. The number of benzene rings is 2. The fraction of sp³-hybridized carbons (Fsp3) is 0.273. The van der Waals surface area contributed by atoms with Crippen molar-refractivity contribution >= 4 is 0 Å². The maximum absolute atomic E-state index is 12.4. The summed E-state index contributed by atoms with van der Waals surface area (Å²) < 4.78 is 20.1. The van der Waals surface area contributed by atoms with E-state index in [1.54, 1.807) is 0 Å². The average Bonchev–Trinajstić information content (AvgIpc) is 3.32. The lowest BCUT2D eigenvalue weighted by atomic mass is 9.97. The lowest BCUT2D eigenvalue weighted by Crippen LogP contribution is -2.38. The Balaban J connectivity index is 1.62. The number of rotatable bonds is 4. The molecule has 0 bridgehead atoms. The van der Waals surface area contributed by atoms with Crippen LogP contribution in [0, 0.1) is 0 Å². The van der Waals surface area contributed by atoms with Crippen molar-refractivity contribution in [3.63, 3.8) is 0 Å². The van der Waals surface area contributed by atoms with Gasteiger partial charge in [-0.25, -0.2) is 4.79 Å². The molecule has 1 aromatic heterocycles. The Kier molecular flexibility index (Phi) is 4.63. The van der Waals surface area contributed by atoms with Crippen LogP contribution in [0.2, 0.25) is 0 Å². The molecule has 0 spiro atoms. The van der Waals surface area contributed by atoms with Crippen LogP contribution >= 0.6 is 0 Å². The molecule has 154 valence electrons. The summed E-state index contributed by atoms with van der Waals surface area (Å²) in [4.78, 5) is 26.1. The van der Waals surface area contributed by atoms with E-state index in [2.05, 4.69) is 4.98 Å². The quantitative estimate of drug-likeness (QED) is 0.671. The van der Waals surface area contributed by atoms with E-state index in [4.69, 9.17) is 14.2 Å². The van der Waals surface area contributed by atoms with Gasteiger partial charge < -0.3 is 19.3 Å². The first kappa shape index (κ1) is 19.0. The summed E-state index contributed by atoms with van der Waals surface area (Å²) in [6.07, 6.45) is -1.53. The van der Waals surface area contributed by atoms with Crippen LogP contribution in [-0.2, 0) is 20.0 Å². The maximum Gasteiger partial charge on any atom is 0.330 e. The molecule has 0 unspecified atom stereocenters. The topological polar surface area (TPSA) is 103 Å². The minimum Gasteiger partial charge on any atom is -0.394 e. The number of H-pyrrole nitrogens is 1. The summed E-state index contributed by atoms with van der Waals surface area (Å²) in [5, 5.41) is 9.90. The van der Waals surface area contributed by atoms with Gasteiger partial charge in [0, 0.05) is 23.4 Å². The summed E-state index contributed by atoms with van der Waals surface area (Å²) in [7, 11) is 0. The molecule has 2 saturated heterocycles. The molecule has 5 rings (SSSR count). The Bertz CT molecular complexity index is 1100. The summed E-state index contributed by atoms with van der Waals surface area (Å²) in [5.74, 6) is -1.22. The first-order valence-electron chi connectivity index (χ1n) is 9.67. The number of hydrogen-bond donors (Lipinski definition) is 2. The molecule has 8 nitrogen and oxygen atoms in total. The number of aliphatic hydroxyl groups is 1. The number of nitrogens with one attached hydrogen (secondary N) is 1. The van der Waals surface area contributed by atoms with Crippen molar-refractivity contribution in [1.29, 1.82) is 0 Å². The number of fused-ring (bicyclic) bond motifs is 1. The SMILES string of the molecule is O=c1ccn([C@@H]2O[C@H](CO)[C@H]3OC(c4ccccc4)(c4ccccc4)O[C@H]32)c(=O)[nH]1. The first-order chi connectivity index (χ1) is 14.6. The molecule has 0 amide bonds. The largest absolute Gasteiger partial charge is 0.394 e. The molecule has 8 heteroatoms. The third kappa shape index (κ3) is 2.93. The summed E-state index contributed by atoms with van der Waals surface area (Å²) in [6, 6.07) is 20.2. The van der Waals surface area contributed by atoms with Gasteiger partial charge in [0.1, 0.15) is 18.3 Å². The van der Waals surface area contributed by atoms with E-state index in [1.165, 1.54) is 16.8 Å². The number of aromatic amines is 1. The second kappa shape index (κ2) is 7.33. The van der Waals surface area contributed by atoms with Gasteiger partial charge in [0.05, 0.1) is 6.61 Å². The second-order valence-electron chi connectivity index (χ2n) is 7.28. The minimum atomic E-state index is -1.22. The van der Waals surface area contributed by atoms with E-state index >= 15 is 0 Å². The van der Waals surface area contributed by atoms with Crippen LogP contribution in [0.5, 0.6) is 0 Å². The lowest BCUT2D eigenvalue weighted by Gasteiger charge is -2.32. The maximum atomic E-state index is 12.4. The Morgan fingerprint density at radius 2 is 1.50 bits per heavy atom. The predicted octanol–water partition coefficient (Wildman–Crippen LogP) is 1.11. The molecule has 2 N–H and O–H groups in total. The smallest absolute Gasteiger partial charge is 0.330 e. The van der Waals surface area contributed by atoms with Gasteiger partial charge >= 0.3 is 5.69 Å². The van der Waals surface area contributed by atoms with Crippen LogP contribution in [0.15, 0.2) is 82.5 Å². The van der Waals surface area contributed by atoms with Gasteiger partial charge in [0.15, 0.2) is 6.23 Å². The van der Waals surface area contributed by atoms with E-state index < -0.39 is 41.6 Å². The predicted molar refractivity (Wildman–Crippen MR) is 106 cm³/mol. The molecule has 0 aliphatic carbocycles. The van der Waals surface area contributed by atoms with Crippen LogP contribution in [0.4, 0.5) is 0 Å². The number of aliphatic hydroxyl groups excluding tert-OH is 1. The minimum absolute atomic E-state index is 0.307. The van der Waals surface area contributed by atoms with Crippen LogP contribution < -0.4 is 11.2 Å². The highest BCUT2D eigenvalue weighted by molar-refractivity contribution is 5.35. The number of aromatic nitrogens is 2. The van der Waals surface area contributed by atoms with Crippen molar-refractivity contribution in [3.05, 3.63) is 105 Å². The second-order valence-corrected chi connectivity index (χ2v) is 7.28. The highest BCUT2D eigenvalue weighted by atomic mass is 16.8. The number of ether oxygens (including phenoxy) is 3. The van der Waals surface area contributed by atoms with Crippen molar-refractivity contribution in [2.45, 2.75) is 30.3 Å². The Morgan fingerprint density at radius 3 is 2.07 bits per heavy atom. The van der Waals surface area contributed by atoms with Crippen LogP contribution in [-0.4, -0.2) is 39.6 Å². The first-order valence-corrected chi connectivity index (χ1v) is 9.67. The molecule has 2 aliphatic rings. The van der Waals surface area contributed by atoms with Gasteiger partial charge in [-0.05, 0) is 0 Å². The normalized spacial score (nSPS) is 27.1. The fourth-order valence-corrected chi connectivity index (χ4v) is 4.14. The van der Waals surface area contributed by atoms with Gasteiger partial charge in [-0.3, -0.25) is 14.3 Å². The van der Waals surface area contributed by atoms with Crippen molar-refractivity contribution < 1.29 is 19.3 Å². The van der Waals surface area contributed by atoms with Gasteiger partial charge in [0.25, 0.3) is 5.56 Å². The van der Waals surface area contributed by atoms with E-state index in [-0.39, 0.29) is 6.61 Å². The lowest BCUT2D eigenvalue weighted by molar-refractivity contribution is -0.204. The molecule has 0 radical (unpaired) electrons. The zero-order chi connectivity index (χ0) is 20.7.